The predicted molar refractivity (Wildman–Crippen MR) is 84.5 cm³/mol. The molecule has 3 nitrogen and oxygen atoms in total. The van der Waals surface area contributed by atoms with Crippen LogP contribution in [0, 0.1) is 12.7 Å². The number of halogens is 1. The average Bonchev–Trinajstić information content (AvgIpc) is 2.47. The number of carbonyl (C=O) groups excluding carboxylic acids is 1. The van der Waals surface area contributed by atoms with E-state index in [-0.39, 0.29) is 10.7 Å². The highest BCUT2D eigenvalue weighted by molar-refractivity contribution is 7.80. The van der Waals surface area contributed by atoms with E-state index in [4.69, 9.17) is 12.2 Å². The van der Waals surface area contributed by atoms with Gasteiger partial charge < -0.3 is 5.32 Å². The van der Waals surface area contributed by atoms with Crippen molar-refractivity contribution >= 4 is 23.2 Å². The van der Waals surface area contributed by atoms with Crippen LogP contribution in [0.1, 0.15) is 21.5 Å². The molecule has 0 aliphatic rings. The lowest BCUT2D eigenvalue weighted by Crippen LogP contribution is -2.39. The first-order chi connectivity index (χ1) is 10.1. The molecule has 0 aliphatic heterocycles. The first kappa shape index (κ1) is 15.1. The van der Waals surface area contributed by atoms with Gasteiger partial charge in [-0.1, -0.05) is 42.0 Å². The van der Waals surface area contributed by atoms with E-state index in [0.29, 0.717) is 6.54 Å². The van der Waals surface area contributed by atoms with Crippen LogP contribution < -0.4 is 10.6 Å². The molecule has 2 rings (SSSR count). The normalized spacial score (nSPS) is 10.0. The Morgan fingerprint density at radius 2 is 1.81 bits per heavy atom. The van der Waals surface area contributed by atoms with Crippen LogP contribution in [0.2, 0.25) is 0 Å². The summed E-state index contributed by atoms with van der Waals surface area (Å²) in [6.45, 7) is 2.51. The van der Waals surface area contributed by atoms with E-state index in [1.54, 1.807) is 6.07 Å². The number of hydrogen-bond acceptors (Lipinski definition) is 2. The van der Waals surface area contributed by atoms with Crippen molar-refractivity contribution in [1.29, 1.82) is 0 Å². The number of amides is 1. The molecule has 0 spiro atoms. The van der Waals surface area contributed by atoms with Gasteiger partial charge in [-0.05, 0) is 36.8 Å². The summed E-state index contributed by atoms with van der Waals surface area (Å²) >= 11 is 5.03. The zero-order chi connectivity index (χ0) is 15.2. The van der Waals surface area contributed by atoms with Crippen molar-refractivity contribution in [2.24, 2.45) is 0 Å². The standard InChI is InChI=1S/C16H15FN2OS/c1-11-6-8-12(9-7-11)10-18-16(21)19-15(20)13-4-2-3-5-14(13)17/h2-9H,10H2,1H3,(H2,18,19,20,21). The maximum Gasteiger partial charge on any atom is 0.260 e. The van der Waals surface area contributed by atoms with Crippen molar-refractivity contribution < 1.29 is 9.18 Å². The second-order valence-corrected chi connectivity index (χ2v) is 5.01. The summed E-state index contributed by atoms with van der Waals surface area (Å²) in [5.41, 5.74) is 2.19. The van der Waals surface area contributed by atoms with E-state index < -0.39 is 11.7 Å². The minimum Gasteiger partial charge on any atom is -0.358 e. The summed E-state index contributed by atoms with van der Waals surface area (Å²) in [6, 6.07) is 13.7. The topological polar surface area (TPSA) is 41.1 Å². The molecule has 2 aromatic carbocycles. The molecule has 0 atom stereocenters. The Bertz CT molecular complexity index is 656. The predicted octanol–water partition coefficient (Wildman–Crippen LogP) is 2.94. The largest absolute Gasteiger partial charge is 0.358 e. The van der Waals surface area contributed by atoms with Crippen LogP contribution in [0.4, 0.5) is 4.39 Å². The lowest BCUT2D eigenvalue weighted by atomic mass is 10.1. The van der Waals surface area contributed by atoms with Gasteiger partial charge in [0.05, 0.1) is 5.56 Å². The summed E-state index contributed by atoms with van der Waals surface area (Å²) < 4.78 is 13.5. The smallest absolute Gasteiger partial charge is 0.260 e. The monoisotopic (exact) mass is 302 g/mol. The van der Waals surface area contributed by atoms with Gasteiger partial charge in [0.1, 0.15) is 5.82 Å². The van der Waals surface area contributed by atoms with Crippen LogP contribution in [0.15, 0.2) is 48.5 Å². The Balaban J connectivity index is 1.89. The molecular weight excluding hydrogens is 287 g/mol. The maximum atomic E-state index is 13.5. The van der Waals surface area contributed by atoms with Gasteiger partial charge in [0.25, 0.3) is 5.91 Å². The number of benzene rings is 2. The Morgan fingerprint density at radius 3 is 2.48 bits per heavy atom. The van der Waals surface area contributed by atoms with Gasteiger partial charge in [0, 0.05) is 6.54 Å². The molecule has 0 unspecified atom stereocenters. The molecule has 0 heterocycles. The number of nitrogens with one attached hydrogen (secondary N) is 2. The second-order valence-electron chi connectivity index (χ2n) is 4.60. The number of hydrogen-bond donors (Lipinski definition) is 2. The van der Waals surface area contributed by atoms with Crippen molar-refractivity contribution in [1.82, 2.24) is 10.6 Å². The van der Waals surface area contributed by atoms with Crippen molar-refractivity contribution in [2.75, 3.05) is 0 Å². The quantitative estimate of drug-likeness (QED) is 0.857. The highest BCUT2D eigenvalue weighted by atomic mass is 32.1. The lowest BCUT2D eigenvalue weighted by molar-refractivity contribution is 0.0972. The average molecular weight is 302 g/mol. The molecule has 0 fully saturated rings. The summed E-state index contributed by atoms with van der Waals surface area (Å²) in [5, 5.41) is 5.55. The van der Waals surface area contributed by atoms with Gasteiger partial charge in [0.2, 0.25) is 0 Å². The SMILES string of the molecule is Cc1ccc(CNC(=S)NC(=O)c2ccccc2F)cc1. The molecule has 0 aromatic heterocycles. The van der Waals surface area contributed by atoms with Gasteiger partial charge in [-0.2, -0.15) is 0 Å². The lowest BCUT2D eigenvalue weighted by Gasteiger charge is -2.10. The molecule has 0 bridgehead atoms. The molecule has 21 heavy (non-hydrogen) atoms. The molecule has 2 aromatic rings. The highest BCUT2D eigenvalue weighted by Crippen LogP contribution is 2.06. The van der Waals surface area contributed by atoms with E-state index in [9.17, 15) is 9.18 Å². The van der Waals surface area contributed by atoms with Crippen molar-refractivity contribution in [3.8, 4) is 0 Å². The van der Waals surface area contributed by atoms with Crippen LogP contribution in [0.25, 0.3) is 0 Å². The molecular formula is C16H15FN2OS. The fraction of sp³-hybridized carbons (Fsp3) is 0.125. The number of aryl methyl sites for hydroxylation is 1. The minimum absolute atomic E-state index is 0.0306. The Morgan fingerprint density at radius 1 is 1.14 bits per heavy atom. The first-order valence-electron chi connectivity index (χ1n) is 6.45. The van der Waals surface area contributed by atoms with E-state index in [2.05, 4.69) is 10.6 Å². The summed E-state index contributed by atoms with van der Waals surface area (Å²) in [7, 11) is 0. The molecule has 2 N–H and O–H groups in total. The third-order valence-electron chi connectivity index (χ3n) is 2.92. The third-order valence-corrected chi connectivity index (χ3v) is 3.17. The molecule has 108 valence electrons. The number of rotatable bonds is 3. The van der Waals surface area contributed by atoms with Crippen molar-refractivity contribution in [2.45, 2.75) is 13.5 Å². The van der Waals surface area contributed by atoms with E-state index in [1.165, 1.54) is 23.8 Å². The number of carbonyl (C=O) groups is 1. The van der Waals surface area contributed by atoms with Gasteiger partial charge in [-0.25, -0.2) is 4.39 Å². The van der Waals surface area contributed by atoms with E-state index in [1.807, 2.05) is 31.2 Å². The number of thiocarbonyl (C=S) groups is 1. The fourth-order valence-corrected chi connectivity index (χ4v) is 1.91. The zero-order valence-corrected chi connectivity index (χ0v) is 12.3. The fourth-order valence-electron chi connectivity index (χ4n) is 1.75. The van der Waals surface area contributed by atoms with E-state index in [0.717, 1.165) is 5.56 Å². The first-order valence-corrected chi connectivity index (χ1v) is 6.86. The van der Waals surface area contributed by atoms with E-state index >= 15 is 0 Å². The molecule has 1 amide bonds. The Labute approximate surface area is 128 Å². The summed E-state index contributed by atoms with van der Waals surface area (Å²) in [6.07, 6.45) is 0. The summed E-state index contributed by atoms with van der Waals surface area (Å²) in [4.78, 5) is 11.9. The van der Waals surface area contributed by atoms with Crippen molar-refractivity contribution in [3.05, 3.63) is 71.0 Å². The van der Waals surface area contributed by atoms with Gasteiger partial charge in [0.15, 0.2) is 5.11 Å². The summed E-state index contributed by atoms with van der Waals surface area (Å²) in [5.74, 6) is -1.13. The van der Waals surface area contributed by atoms with Crippen LogP contribution in [0.5, 0.6) is 0 Å². The highest BCUT2D eigenvalue weighted by Gasteiger charge is 2.11. The molecule has 0 saturated heterocycles. The van der Waals surface area contributed by atoms with Crippen LogP contribution in [-0.4, -0.2) is 11.0 Å². The van der Waals surface area contributed by atoms with Gasteiger partial charge >= 0.3 is 0 Å². The maximum absolute atomic E-state index is 13.5. The molecule has 0 radical (unpaired) electrons. The van der Waals surface area contributed by atoms with Gasteiger partial charge in [-0.15, -0.1) is 0 Å². The minimum atomic E-state index is -0.573. The zero-order valence-electron chi connectivity index (χ0n) is 11.5. The van der Waals surface area contributed by atoms with Gasteiger partial charge in [-0.3, -0.25) is 10.1 Å². The van der Waals surface area contributed by atoms with Crippen molar-refractivity contribution in [3.63, 3.8) is 0 Å². The molecule has 0 saturated carbocycles. The molecule has 0 aliphatic carbocycles. The second kappa shape index (κ2) is 6.95. The Kier molecular flexibility index (Phi) is 5.00. The Hall–Kier alpha value is -2.27. The van der Waals surface area contributed by atoms with Crippen LogP contribution in [0.3, 0.4) is 0 Å². The van der Waals surface area contributed by atoms with Crippen LogP contribution in [-0.2, 0) is 6.54 Å². The molecule has 5 heteroatoms. The third kappa shape index (κ3) is 4.36. The van der Waals surface area contributed by atoms with Crippen LogP contribution >= 0.6 is 12.2 Å².